The first-order valence-electron chi connectivity index (χ1n) is 7.91. The monoisotopic (exact) mass is 286 g/mol. The minimum Gasteiger partial charge on any atom is -0.345 e. The molecule has 4 N–H and O–H groups in total. The smallest absolute Gasteiger partial charge is 0.270 e. The number of nitrogen functional groups attached to an aromatic ring is 1. The van der Waals surface area contributed by atoms with Crippen molar-refractivity contribution in [2.75, 3.05) is 5.43 Å². The van der Waals surface area contributed by atoms with Gasteiger partial charge in [-0.1, -0.05) is 0 Å². The van der Waals surface area contributed by atoms with E-state index >= 15 is 0 Å². The number of hydrogen-bond acceptors (Lipinski definition) is 4. The van der Waals surface area contributed by atoms with E-state index in [-0.39, 0.29) is 11.4 Å². The molecule has 0 unspecified atom stereocenters. The Labute approximate surface area is 124 Å². The third kappa shape index (κ3) is 2.29. The molecule has 4 aliphatic rings. The van der Waals surface area contributed by atoms with E-state index in [1.165, 1.54) is 19.3 Å². The molecule has 4 aliphatic carbocycles. The maximum absolute atomic E-state index is 12.5. The number of amides is 1. The third-order valence-electron chi connectivity index (χ3n) is 5.58. The molecule has 0 atom stereocenters. The van der Waals surface area contributed by atoms with E-state index in [9.17, 15) is 4.79 Å². The number of pyridine rings is 1. The van der Waals surface area contributed by atoms with Crippen LogP contribution in [0.25, 0.3) is 0 Å². The number of anilines is 1. The highest BCUT2D eigenvalue weighted by Gasteiger charge is 2.51. The van der Waals surface area contributed by atoms with Gasteiger partial charge in [-0.15, -0.1) is 0 Å². The molecular formula is C16H22N4O. The molecule has 0 spiro atoms. The van der Waals surface area contributed by atoms with E-state index in [0.29, 0.717) is 11.4 Å². The molecule has 1 aromatic heterocycles. The molecule has 1 heterocycles. The molecule has 1 aromatic rings. The van der Waals surface area contributed by atoms with Gasteiger partial charge < -0.3 is 10.7 Å². The molecule has 0 aromatic carbocycles. The van der Waals surface area contributed by atoms with Crippen LogP contribution in [-0.2, 0) is 0 Å². The van der Waals surface area contributed by atoms with Crippen LogP contribution in [0.1, 0.15) is 49.0 Å². The molecule has 21 heavy (non-hydrogen) atoms. The lowest BCUT2D eigenvalue weighted by Crippen LogP contribution is -2.59. The molecule has 0 aliphatic heterocycles. The minimum atomic E-state index is -0.0412. The summed E-state index contributed by atoms with van der Waals surface area (Å²) in [4.78, 5) is 16.7. The van der Waals surface area contributed by atoms with E-state index in [1.807, 2.05) is 0 Å². The van der Waals surface area contributed by atoms with Gasteiger partial charge in [0.2, 0.25) is 0 Å². The van der Waals surface area contributed by atoms with Crippen molar-refractivity contribution in [1.82, 2.24) is 10.3 Å². The van der Waals surface area contributed by atoms with Crippen molar-refractivity contribution in [1.29, 1.82) is 0 Å². The Hall–Kier alpha value is -1.62. The van der Waals surface area contributed by atoms with Crippen molar-refractivity contribution in [2.24, 2.45) is 23.6 Å². The van der Waals surface area contributed by atoms with E-state index < -0.39 is 0 Å². The quantitative estimate of drug-likeness (QED) is 0.587. The van der Waals surface area contributed by atoms with Crippen molar-refractivity contribution >= 4 is 11.6 Å². The van der Waals surface area contributed by atoms with Crippen LogP contribution >= 0.6 is 0 Å². The lowest BCUT2D eigenvalue weighted by Gasteiger charge is -2.56. The molecular weight excluding hydrogens is 264 g/mol. The average Bonchev–Trinajstić information content (AvgIpc) is 2.45. The van der Waals surface area contributed by atoms with Crippen LogP contribution in [-0.4, -0.2) is 16.4 Å². The Balaban J connectivity index is 1.51. The van der Waals surface area contributed by atoms with Crippen molar-refractivity contribution in [3.63, 3.8) is 0 Å². The fourth-order valence-electron chi connectivity index (χ4n) is 5.18. The Morgan fingerprint density at radius 3 is 2.24 bits per heavy atom. The lowest BCUT2D eigenvalue weighted by atomic mass is 9.53. The summed E-state index contributed by atoms with van der Waals surface area (Å²) in [5.41, 5.74) is 3.75. The number of hydrazine groups is 1. The number of carbonyl (C=O) groups is 1. The SMILES string of the molecule is NNc1ccc(C(=O)NC23CC4CC(CC(C4)C2)C3)nc1. The van der Waals surface area contributed by atoms with Gasteiger partial charge in [0.25, 0.3) is 5.91 Å². The number of carbonyl (C=O) groups excluding carboxylic acids is 1. The van der Waals surface area contributed by atoms with Gasteiger partial charge in [0.1, 0.15) is 5.69 Å². The van der Waals surface area contributed by atoms with Gasteiger partial charge in [0, 0.05) is 5.54 Å². The highest BCUT2D eigenvalue weighted by Crippen LogP contribution is 2.55. The fourth-order valence-corrected chi connectivity index (χ4v) is 5.18. The molecule has 4 saturated carbocycles. The number of nitrogens with one attached hydrogen (secondary N) is 2. The molecule has 5 nitrogen and oxygen atoms in total. The Morgan fingerprint density at radius 2 is 1.76 bits per heavy atom. The summed E-state index contributed by atoms with van der Waals surface area (Å²) in [6.45, 7) is 0. The Kier molecular flexibility index (Phi) is 2.92. The fraction of sp³-hybridized carbons (Fsp3) is 0.625. The minimum absolute atomic E-state index is 0.0400. The maximum Gasteiger partial charge on any atom is 0.270 e. The maximum atomic E-state index is 12.5. The van der Waals surface area contributed by atoms with Crippen LogP contribution in [0.3, 0.4) is 0 Å². The summed E-state index contributed by atoms with van der Waals surface area (Å²) in [6, 6.07) is 3.51. The zero-order chi connectivity index (χ0) is 14.4. The van der Waals surface area contributed by atoms with Gasteiger partial charge in [0.05, 0.1) is 11.9 Å². The summed E-state index contributed by atoms with van der Waals surface area (Å²) >= 11 is 0. The van der Waals surface area contributed by atoms with Gasteiger partial charge in [-0.3, -0.25) is 10.6 Å². The predicted molar refractivity (Wildman–Crippen MR) is 80.4 cm³/mol. The lowest BCUT2D eigenvalue weighted by molar-refractivity contribution is -0.0167. The van der Waals surface area contributed by atoms with E-state index in [4.69, 9.17) is 5.84 Å². The zero-order valence-corrected chi connectivity index (χ0v) is 12.1. The second kappa shape index (κ2) is 4.70. The summed E-state index contributed by atoms with van der Waals surface area (Å²) < 4.78 is 0. The molecule has 4 bridgehead atoms. The zero-order valence-electron chi connectivity index (χ0n) is 12.1. The highest BCUT2D eigenvalue weighted by molar-refractivity contribution is 5.93. The molecule has 1 amide bonds. The van der Waals surface area contributed by atoms with Crippen molar-refractivity contribution in [2.45, 2.75) is 44.1 Å². The largest absolute Gasteiger partial charge is 0.345 e. The summed E-state index contributed by atoms with van der Waals surface area (Å²) in [6.07, 6.45) is 9.21. The van der Waals surface area contributed by atoms with Gasteiger partial charge in [-0.2, -0.15) is 0 Å². The summed E-state index contributed by atoms with van der Waals surface area (Å²) in [7, 11) is 0. The van der Waals surface area contributed by atoms with E-state index in [0.717, 1.165) is 37.0 Å². The van der Waals surface area contributed by atoms with Crippen LogP contribution in [0.15, 0.2) is 18.3 Å². The molecule has 4 fully saturated rings. The van der Waals surface area contributed by atoms with Crippen LogP contribution in [0.2, 0.25) is 0 Å². The average molecular weight is 286 g/mol. The van der Waals surface area contributed by atoms with Crippen LogP contribution in [0, 0.1) is 17.8 Å². The Bertz CT molecular complexity index is 519. The van der Waals surface area contributed by atoms with Gasteiger partial charge in [0.15, 0.2) is 0 Å². The predicted octanol–water partition coefficient (Wildman–Crippen LogP) is 2.07. The third-order valence-corrected chi connectivity index (χ3v) is 5.58. The number of hydrogen-bond donors (Lipinski definition) is 3. The van der Waals surface area contributed by atoms with Crippen molar-refractivity contribution < 1.29 is 4.79 Å². The number of nitrogens with two attached hydrogens (primary N) is 1. The van der Waals surface area contributed by atoms with Crippen LogP contribution in [0.5, 0.6) is 0 Å². The molecule has 5 rings (SSSR count). The number of aromatic nitrogens is 1. The first-order valence-corrected chi connectivity index (χ1v) is 7.91. The van der Waals surface area contributed by atoms with Crippen LogP contribution < -0.4 is 16.6 Å². The van der Waals surface area contributed by atoms with E-state index in [1.54, 1.807) is 18.3 Å². The van der Waals surface area contributed by atoms with Gasteiger partial charge in [-0.05, 0) is 68.4 Å². The van der Waals surface area contributed by atoms with E-state index in [2.05, 4.69) is 15.7 Å². The number of rotatable bonds is 3. The molecule has 0 radical (unpaired) electrons. The molecule has 112 valence electrons. The molecule has 5 heteroatoms. The van der Waals surface area contributed by atoms with Crippen molar-refractivity contribution in [3.8, 4) is 0 Å². The first-order chi connectivity index (χ1) is 10.2. The van der Waals surface area contributed by atoms with Gasteiger partial charge in [-0.25, -0.2) is 4.98 Å². The standard InChI is InChI=1S/C16H22N4O/c17-20-13-1-2-14(18-9-13)15(21)19-16-6-10-3-11(7-16)5-12(4-10)8-16/h1-2,9-12,20H,3-8,17H2,(H,19,21). The molecule has 0 saturated heterocycles. The summed E-state index contributed by atoms with van der Waals surface area (Å²) in [5, 5.41) is 3.33. The second-order valence-corrected chi connectivity index (χ2v) is 7.23. The Morgan fingerprint density at radius 1 is 1.14 bits per heavy atom. The second-order valence-electron chi connectivity index (χ2n) is 7.23. The van der Waals surface area contributed by atoms with Crippen molar-refractivity contribution in [3.05, 3.63) is 24.0 Å². The topological polar surface area (TPSA) is 80.0 Å². The van der Waals surface area contributed by atoms with Gasteiger partial charge >= 0.3 is 0 Å². The number of nitrogens with zero attached hydrogens (tertiary/aromatic N) is 1. The van der Waals surface area contributed by atoms with Crippen LogP contribution in [0.4, 0.5) is 5.69 Å². The normalized spacial score (nSPS) is 36.5. The highest BCUT2D eigenvalue weighted by atomic mass is 16.2. The summed E-state index contributed by atoms with van der Waals surface area (Å²) in [5.74, 6) is 7.76. The first kappa shape index (κ1) is 13.1.